The molecule has 0 unspecified atom stereocenters. The standard InChI is InChI=1S/C26H26N8O2/c1-17-21-9-10-22(35)34(20-7-3-18(4-8-20)24(36)30-19-5-6-19)23(21)31-26(29-17)33-15-13-32(14-16-33)25-27-11-2-12-28-25/h2-4,7-12,19H,5-6,13-16H2,1H3,(H,30,36). The molecule has 1 saturated heterocycles. The van der Waals surface area contributed by atoms with E-state index in [0.29, 0.717) is 35.9 Å². The zero-order valence-electron chi connectivity index (χ0n) is 20.0. The van der Waals surface area contributed by atoms with Crippen molar-refractivity contribution in [1.82, 2.24) is 29.8 Å². The molecule has 1 aliphatic heterocycles. The molecule has 0 bridgehead atoms. The molecule has 1 saturated carbocycles. The van der Waals surface area contributed by atoms with E-state index in [0.717, 1.165) is 43.0 Å². The number of rotatable bonds is 5. The van der Waals surface area contributed by atoms with Gasteiger partial charge in [0.1, 0.15) is 0 Å². The molecule has 182 valence electrons. The van der Waals surface area contributed by atoms with Crippen molar-refractivity contribution in [3.63, 3.8) is 0 Å². The van der Waals surface area contributed by atoms with Gasteiger partial charge in [0.25, 0.3) is 11.5 Å². The van der Waals surface area contributed by atoms with Gasteiger partial charge in [-0.1, -0.05) is 0 Å². The van der Waals surface area contributed by atoms with Gasteiger partial charge in [-0.15, -0.1) is 0 Å². The number of aryl methyl sites for hydroxylation is 1. The van der Waals surface area contributed by atoms with E-state index in [4.69, 9.17) is 9.97 Å². The van der Waals surface area contributed by atoms with Crippen LogP contribution in [0.5, 0.6) is 0 Å². The first-order valence-corrected chi connectivity index (χ1v) is 12.2. The largest absolute Gasteiger partial charge is 0.349 e. The minimum atomic E-state index is -0.187. The third-order valence-electron chi connectivity index (χ3n) is 6.63. The number of fused-ring (bicyclic) bond motifs is 1. The Hall–Kier alpha value is -4.34. The third kappa shape index (κ3) is 4.26. The lowest BCUT2D eigenvalue weighted by Gasteiger charge is -2.34. The Morgan fingerprint density at radius 1 is 0.889 bits per heavy atom. The number of nitrogens with one attached hydrogen (secondary N) is 1. The van der Waals surface area contributed by atoms with E-state index in [1.54, 1.807) is 53.4 Å². The second kappa shape index (κ2) is 9.03. The molecule has 0 atom stereocenters. The van der Waals surface area contributed by atoms with Gasteiger partial charge in [-0.2, -0.15) is 4.98 Å². The average Bonchev–Trinajstić information content (AvgIpc) is 3.73. The van der Waals surface area contributed by atoms with E-state index in [1.807, 2.05) is 6.92 Å². The van der Waals surface area contributed by atoms with Crippen molar-refractivity contribution in [2.75, 3.05) is 36.0 Å². The summed E-state index contributed by atoms with van der Waals surface area (Å²) in [5.41, 5.74) is 2.40. The summed E-state index contributed by atoms with van der Waals surface area (Å²) >= 11 is 0. The summed E-state index contributed by atoms with van der Waals surface area (Å²) in [4.78, 5) is 47.9. The van der Waals surface area contributed by atoms with Crippen molar-refractivity contribution >= 4 is 28.8 Å². The average molecular weight is 483 g/mol. The first kappa shape index (κ1) is 22.1. The minimum Gasteiger partial charge on any atom is -0.349 e. The fraction of sp³-hybridized carbons (Fsp3) is 0.308. The van der Waals surface area contributed by atoms with Crippen LogP contribution in [0.15, 0.2) is 59.7 Å². The summed E-state index contributed by atoms with van der Waals surface area (Å²) in [5, 5.41) is 3.80. The highest BCUT2D eigenvalue weighted by Gasteiger charge is 2.24. The van der Waals surface area contributed by atoms with Crippen molar-refractivity contribution in [3.8, 4) is 5.69 Å². The van der Waals surface area contributed by atoms with Crippen LogP contribution in [0.4, 0.5) is 11.9 Å². The van der Waals surface area contributed by atoms with Gasteiger partial charge in [0, 0.05) is 61.6 Å². The van der Waals surface area contributed by atoms with E-state index in [-0.39, 0.29) is 17.5 Å². The topological polar surface area (TPSA) is 109 Å². The van der Waals surface area contributed by atoms with Crippen LogP contribution >= 0.6 is 0 Å². The maximum atomic E-state index is 13.0. The van der Waals surface area contributed by atoms with Gasteiger partial charge in [-0.3, -0.25) is 14.2 Å². The predicted octanol–water partition coefficient (Wildman–Crippen LogP) is 2.10. The lowest BCUT2D eigenvalue weighted by atomic mass is 10.1. The van der Waals surface area contributed by atoms with Gasteiger partial charge in [0.2, 0.25) is 11.9 Å². The molecule has 4 heterocycles. The summed E-state index contributed by atoms with van der Waals surface area (Å²) in [6.45, 7) is 4.85. The molecular weight excluding hydrogens is 456 g/mol. The quantitative estimate of drug-likeness (QED) is 0.461. The van der Waals surface area contributed by atoms with Gasteiger partial charge < -0.3 is 15.1 Å². The summed E-state index contributed by atoms with van der Waals surface area (Å²) in [6, 6.07) is 12.5. The third-order valence-corrected chi connectivity index (χ3v) is 6.63. The molecule has 10 heteroatoms. The van der Waals surface area contributed by atoms with Crippen molar-refractivity contribution in [3.05, 3.63) is 76.5 Å². The summed E-state index contributed by atoms with van der Waals surface area (Å²) in [7, 11) is 0. The highest BCUT2D eigenvalue weighted by Crippen LogP contribution is 2.23. The number of carbonyl (C=O) groups is 1. The highest BCUT2D eigenvalue weighted by molar-refractivity contribution is 5.94. The highest BCUT2D eigenvalue weighted by atomic mass is 16.1. The zero-order chi connectivity index (χ0) is 24.6. The Labute approximate surface area is 207 Å². The first-order chi connectivity index (χ1) is 17.6. The second-order valence-electron chi connectivity index (χ2n) is 9.17. The van der Waals surface area contributed by atoms with E-state index in [1.165, 1.54) is 6.07 Å². The summed E-state index contributed by atoms with van der Waals surface area (Å²) < 4.78 is 1.59. The van der Waals surface area contributed by atoms with E-state index >= 15 is 0 Å². The van der Waals surface area contributed by atoms with Crippen LogP contribution in [-0.4, -0.2) is 62.6 Å². The van der Waals surface area contributed by atoms with Gasteiger partial charge in [0.15, 0.2) is 5.65 Å². The Morgan fingerprint density at radius 3 is 2.22 bits per heavy atom. The van der Waals surface area contributed by atoms with Gasteiger partial charge in [-0.25, -0.2) is 15.0 Å². The molecule has 3 aromatic heterocycles. The molecule has 1 aliphatic carbocycles. The number of anilines is 2. The van der Waals surface area contributed by atoms with E-state index in [2.05, 4.69) is 25.1 Å². The smallest absolute Gasteiger partial charge is 0.256 e. The van der Waals surface area contributed by atoms with Crippen LogP contribution in [0.25, 0.3) is 16.7 Å². The van der Waals surface area contributed by atoms with Crippen LogP contribution < -0.4 is 20.7 Å². The lowest BCUT2D eigenvalue weighted by molar-refractivity contribution is 0.0951. The van der Waals surface area contributed by atoms with Crippen molar-refractivity contribution in [2.24, 2.45) is 0 Å². The molecule has 1 aromatic carbocycles. The molecule has 36 heavy (non-hydrogen) atoms. The maximum Gasteiger partial charge on any atom is 0.256 e. The SMILES string of the molecule is Cc1nc(N2CCN(c3ncccn3)CC2)nc2c1ccc(=O)n2-c1ccc(C(=O)NC2CC2)cc1. The van der Waals surface area contributed by atoms with Gasteiger partial charge >= 0.3 is 0 Å². The van der Waals surface area contributed by atoms with Crippen molar-refractivity contribution in [2.45, 2.75) is 25.8 Å². The lowest BCUT2D eigenvalue weighted by Crippen LogP contribution is -2.47. The fourth-order valence-electron chi connectivity index (χ4n) is 4.46. The van der Waals surface area contributed by atoms with Gasteiger partial charge in [-0.05, 0) is 56.2 Å². The monoisotopic (exact) mass is 482 g/mol. The number of hydrogen-bond donors (Lipinski definition) is 1. The predicted molar refractivity (Wildman–Crippen MR) is 137 cm³/mol. The Bertz CT molecular complexity index is 1470. The number of hydrogen-bond acceptors (Lipinski definition) is 8. The molecule has 2 aliphatic rings. The maximum absolute atomic E-state index is 13.0. The number of carbonyl (C=O) groups excluding carboxylic acids is 1. The van der Waals surface area contributed by atoms with Crippen LogP contribution in [0.2, 0.25) is 0 Å². The summed E-state index contributed by atoms with van der Waals surface area (Å²) in [5.74, 6) is 1.22. The zero-order valence-corrected chi connectivity index (χ0v) is 20.0. The van der Waals surface area contributed by atoms with E-state index < -0.39 is 0 Å². The molecule has 10 nitrogen and oxygen atoms in total. The molecule has 0 spiro atoms. The molecule has 0 radical (unpaired) electrons. The second-order valence-corrected chi connectivity index (χ2v) is 9.17. The van der Waals surface area contributed by atoms with Crippen molar-refractivity contribution in [1.29, 1.82) is 0 Å². The molecule has 6 rings (SSSR count). The fourth-order valence-corrected chi connectivity index (χ4v) is 4.46. The first-order valence-electron chi connectivity index (χ1n) is 12.2. The Kier molecular flexibility index (Phi) is 5.55. The number of nitrogens with zero attached hydrogens (tertiary/aromatic N) is 7. The molecule has 2 fully saturated rings. The molecule has 1 amide bonds. The number of piperazine rings is 1. The Balaban J connectivity index is 1.31. The van der Waals surface area contributed by atoms with Crippen LogP contribution in [0.3, 0.4) is 0 Å². The van der Waals surface area contributed by atoms with Crippen molar-refractivity contribution < 1.29 is 4.79 Å². The number of aromatic nitrogens is 5. The van der Waals surface area contributed by atoms with Gasteiger partial charge in [0.05, 0.1) is 11.4 Å². The minimum absolute atomic E-state index is 0.0881. The normalized spacial score (nSPS) is 15.8. The summed E-state index contributed by atoms with van der Waals surface area (Å²) in [6.07, 6.45) is 5.56. The van der Waals surface area contributed by atoms with E-state index in [9.17, 15) is 9.59 Å². The number of pyridine rings is 1. The number of benzene rings is 1. The van der Waals surface area contributed by atoms with Crippen LogP contribution in [0.1, 0.15) is 28.9 Å². The molecular formula is C26H26N8O2. The van der Waals surface area contributed by atoms with Crippen LogP contribution in [-0.2, 0) is 0 Å². The molecule has 4 aromatic rings. The molecule has 1 N–H and O–H groups in total. The Morgan fingerprint density at radius 2 is 1.56 bits per heavy atom. The number of amides is 1. The van der Waals surface area contributed by atoms with Crippen LogP contribution in [0, 0.1) is 6.92 Å².